The molecule has 1 aliphatic heterocycles. The van der Waals surface area contributed by atoms with E-state index in [-0.39, 0.29) is 18.2 Å². The predicted octanol–water partition coefficient (Wildman–Crippen LogP) is 2.41. The van der Waals surface area contributed by atoms with Crippen LogP contribution in [0.4, 0.5) is 5.69 Å². The fourth-order valence-corrected chi connectivity index (χ4v) is 3.11. The molecule has 0 radical (unpaired) electrons. The molecule has 1 fully saturated rings. The number of amidine groups is 1. The maximum Gasteiger partial charge on any atom is 0.240 e. The summed E-state index contributed by atoms with van der Waals surface area (Å²) in [6, 6.07) is 5.84. The van der Waals surface area contributed by atoms with Crippen LogP contribution in [0.25, 0.3) is 0 Å². The number of aliphatic imine (C=N–C) groups is 1. The van der Waals surface area contributed by atoms with Gasteiger partial charge in [0.1, 0.15) is 5.25 Å². The Bertz CT molecular complexity index is 620. The summed E-state index contributed by atoms with van der Waals surface area (Å²) in [5, 5.41) is 5.69. The van der Waals surface area contributed by atoms with E-state index in [1.165, 1.54) is 11.8 Å². The molecular weight excluding hydrogens is 298 g/mol. The SMILES string of the molecule is C=CCN=C1NC(=O)[C@H](CC(=O)Nc2c(C)cccc2C)S1. The first-order valence-electron chi connectivity index (χ1n) is 7.00. The Labute approximate surface area is 134 Å². The minimum Gasteiger partial charge on any atom is -0.326 e. The molecule has 1 aromatic carbocycles. The number of hydrogen-bond donors (Lipinski definition) is 2. The van der Waals surface area contributed by atoms with Crippen molar-refractivity contribution in [3.63, 3.8) is 0 Å². The number of thioether (sulfide) groups is 1. The third-order valence-corrected chi connectivity index (χ3v) is 4.38. The Balaban J connectivity index is 1.98. The molecule has 1 aliphatic rings. The number of para-hydroxylation sites is 1. The van der Waals surface area contributed by atoms with Crippen LogP contribution in [-0.2, 0) is 9.59 Å². The average molecular weight is 317 g/mol. The van der Waals surface area contributed by atoms with E-state index in [1.54, 1.807) is 6.08 Å². The summed E-state index contributed by atoms with van der Waals surface area (Å²) in [4.78, 5) is 28.2. The number of benzene rings is 1. The highest BCUT2D eigenvalue weighted by Gasteiger charge is 2.32. The monoisotopic (exact) mass is 317 g/mol. The maximum absolute atomic E-state index is 12.2. The minimum absolute atomic E-state index is 0.122. The second-order valence-electron chi connectivity index (χ2n) is 5.05. The summed E-state index contributed by atoms with van der Waals surface area (Å²) in [6.07, 6.45) is 1.78. The van der Waals surface area contributed by atoms with Crippen LogP contribution in [0.5, 0.6) is 0 Å². The predicted molar refractivity (Wildman–Crippen MR) is 91.2 cm³/mol. The highest BCUT2D eigenvalue weighted by molar-refractivity contribution is 8.15. The van der Waals surface area contributed by atoms with Crippen molar-refractivity contribution in [2.75, 3.05) is 11.9 Å². The van der Waals surface area contributed by atoms with Crippen molar-refractivity contribution in [1.29, 1.82) is 0 Å². The molecule has 0 unspecified atom stereocenters. The zero-order valence-corrected chi connectivity index (χ0v) is 13.5. The van der Waals surface area contributed by atoms with E-state index < -0.39 is 5.25 Å². The molecule has 1 atom stereocenters. The van der Waals surface area contributed by atoms with Crippen molar-refractivity contribution in [3.8, 4) is 0 Å². The standard InChI is InChI=1S/C16H19N3O2S/c1-4-8-17-16-19-15(21)12(22-16)9-13(20)18-14-10(2)6-5-7-11(14)3/h4-7,12H,1,8-9H2,2-3H3,(H,18,20)(H,17,19,21)/t12-/m0/s1. The van der Waals surface area contributed by atoms with Gasteiger partial charge in [-0.15, -0.1) is 6.58 Å². The molecule has 116 valence electrons. The number of rotatable bonds is 5. The van der Waals surface area contributed by atoms with Crippen LogP contribution in [-0.4, -0.2) is 28.8 Å². The maximum atomic E-state index is 12.2. The molecule has 5 nitrogen and oxygen atoms in total. The van der Waals surface area contributed by atoms with E-state index in [4.69, 9.17) is 0 Å². The van der Waals surface area contributed by atoms with E-state index in [2.05, 4.69) is 22.2 Å². The van der Waals surface area contributed by atoms with E-state index in [0.717, 1.165) is 16.8 Å². The number of aryl methyl sites for hydroxylation is 2. The second kappa shape index (κ2) is 7.26. The van der Waals surface area contributed by atoms with Crippen LogP contribution in [0.3, 0.4) is 0 Å². The first-order valence-corrected chi connectivity index (χ1v) is 7.88. The van der Waals surface area contributed by atoms with Gasteiger partial charge in [0.2, 0.25) is 11.8 Å². The molecule has 0 bridgehead atoms. The summed E-state index contributed by atoms with van der Waals surface area (Å²) in [5.41, 5.74) is 2.83. The number of carbonyl (C=O) groups is 2. The smallest absolute Gasteiger partial charge is 0.240 e. The van der Waals surface area contributed by atoms with Crippen molar-refractivity contribution >= 4 is 34.4 Å². The molecule has 1 heterocycles. The third-order valence-electron chi connectivity index (χ3n) is 3.26. The topological polar surface area (TPSA) is 70.6 Å². The number of hydrogen-bond acceptors (Lipinski definition) is 4. The average Bonchev–Trinajstić information content (AvgIpc) is 2.81. The second-order valence-corrected chi connectivity index (χ2v) is 6.24. The summed E-state index contributed by atoms with van der Waals surface area (Å²) < 4.78 is 0. The fourth-order valence-electron chi connectivity index (χ4n) is 2.13. The Morgan fingerprint density at radius 3 is 2.77 bits per heavy atom. The van der Waals surface area contributed by atoms with Gasteiger partial charge in [0.25, 0.3) is 0 Å². The van der Waals surface area contributed by atoms with Crippen LogP contribution < -0.4 is 10.6 Å². The molecule has 1 aromatic rings. The summed E-state index contributed by atoms with van der Waals surface area (Å²) in [7, 11) is 0. The van der Waals surface area contributed by atoms with Gasteiger partial charge in [0, 0.05) is 12.1 Å². The quantitative estimate of drug-likeness (QED) is 0.819. The number of amides is 2. The molecule has 6 heteroatoms. The summed E-state index contributed by atoms with van der Waals surface area (Å²) in [5.74, 6) is -0.348. The van der Waals surface area contributed by atoms with Gasteiger partial charge < -0.3 is 10.6 Å². The number of carbonyl (C=O) groups excluding carboxylic acids is 2. The van der Waals surface area contributed by atoms with Crippen LogP contribution in [0.2, 0.25) is 0 Å². The fraction of sp³-hybridized carbons (Fsp3) is 0.312. The van der Waals surface area contributed by atoms with E-state index in [0.29, 0.717) is 11.7 Å². The van der Waals surface area contributed by atoms with Crippen LogP contribution in [0.1, 0.15) is 17.5 Å². The largest absolute Gasteiger partial charge is 0.326 e. The van der Waals surface area contributed by atoms with Gasteiger partial charge in [-0.05, 0) is 25.0 Å². The minimum atomic E-state index is -0.437. The molecule has 2 rings (SSSR count). The van der Waals surface area contributed by atoms with Crippen molar-refractivity contribution in [1.82, 2.24) is 5.32 Å². The van der Waals surface area contributed by atoms with Gasteiger partial charge in [-0.1, -0.05) is 36.0 Å². The van der Waals surface area contributed by atoms with Crippen molar-refractivity contribution < 1.29 is 9.59 Å². The number of nitrogens with one attached hydrogen (secondary N) is 2. The van der Waals surface area contributed by atoms with Crippen molar-refractivity contribution in [3.05, 3.63) is 42.0 Å². The van der Waals surface area contributed by atoms with Crippen LogP contribution in [0.15, 0.2) is 35.8 Å². The lowest BCUT2D eigenvalue weighted by atomic mass is 10.1. The van der Waals surface area contributed by atoms with Gasteiger partial charge >= 0.3 is 0 Å². The van der Waals surface area contributed by atoms with Gasteiger partial charge in [0.15, 0.2) is 5.17 Å². The summed E-state index contributed by atoms with van der Waals surface area (Å²) >= 11 is 1.29. The Kier molecular flexibility index (Phi) is 5.38. The van der Waals surface area contributed by atoms with Gasteiger partial charge in [-0.25, -0.2) is 0 Å². The molecular formula is C16H19N3O2S. The summed E-state index contributed by atoms with van der Waals surface area (Å²) in [6.45, 7) is 7.91. The number of nitrogens with zero attached hydrogens (tertiary/aromatic N) is 1. The molecule has 0 aliphatic carbocycles. The first kappa shape index (κ1) is 16.3. The lowest BCUT2D eigenvalue weighted by Crippen LogP contribution is -2.28. The number of anilines is 1. The van der Waals surface area contributed by atoms with Crippen LogP contribution in [0, 0.1) is 13.8 Å². The van der Waals surface area contributed by atoms with E-state index >= 15 is 0 Å². The highest BCUT2D eigenvalue weighted by Crippen LogP contribution is 2.24. The molecule has 0 aromatic heterocycles. The Morgan fingerprint density at radius 1 is 1.45 bits per heavy atom. The van der Waals surface area contributed by atoms with E-state index in [9.17, 15) is 9.59 Å². The van der Waals surface area contributed by atoms with Crippen LogP contribution >= 0.6 is 11.8 Å². The normalized spacial score (nSPS) is 19.1. The van der Waals surface area contributed by atoms with Crippen molar-refractivity contribution in [2.24, 2.45) is 4.99 Å². The van der Waals surface area contributed by atoms with Gasteiger partial charge in [-0.3, -0.25) is 14.6 Å². The zero-order chi connectivity index (χ0) is 16.1. The third kappa shape index (κ3) is 3.98. The molecule has 2 N–H and O–H groups in total. The zero-order valence-electron chi connectivity index (χ0n) is 12.7. The molecule has 1 saturated heterocycles. The van der Waals surface area contributed by atoms with E-state index in [1.807, 2.05) is 32.0 Å². The van der Waals surface area contributed by atoms with Crippen molar-refractivity contribution in [2.45, 2.75) is 25.5 Å². The molecule has 0 spiro atoms. The Hall–Kier alpha value is -2.08. The molecule has 2 amide bonds. The highest BCUT2D eigenvalue weighted by atomic mass is 32.2. The lowest BCUT2D eigenvalue weighted by Gasteiger charge is -2.12. The van der Waals surface area contributed by atoms with Gasteiger partial charge in [0.05, 0.1) is 6.54 Å². The molecule has 22 heavy (non-hydrogen) atoms. The lowest BCUT2D eigenvalue weighted by molar-refractivity contribution is -0.122. The molecule has 0 saturated carbocycles. The Morgan fingerprint density at radius 2 is 2.14 bits per heavy atom. The van der Waals surface area contributed by atoms with Gasteiger partial charge in [-0.2, -0.15) is 0 Å². The first-order chi connectivity index (χ1) is 10.5.